The Kier molecular flexibility index (Phi) is 3.72. The van der Waals surface area contributed by atoms with Gasteiger partial charge in [0.25, 0.3) is 5.91 Å². The van der Waals surface area contributed by atoms with Crippen LogP contribution in [0.3, 0.4) is 0 Å². The third-order valence-corrected chi connectivity index (χ3v) is 4.63. The molecule has 2 aromatic heterocycles. The summed E-state index contributed by atoms with van der Waals surface area (Å²) < 4.78 is 0. The number of pyridine rings is 1. The summed E-state index contributed by atoms with van der Waals surface area (Å²) in [5.41, 5.74) is 3.99. The number of aromatic amines is 1. The first-order valence-corrected chi connectivity index (χ1v) is 8.27. The molecule has 3 heterocycles. The molecule has 1 N–H and O–H groups in total. The summed E-state index contributed by atoms with van der Waals surface area (Å²) >= 11 is 0. The number of aromatic nitrogens is 4. The zero-order valence-electron chi connectivity index (χ0n) is 13.6. The van der Waals surface area contributed by atoms with Gasteiger partial charge in [-0.3, -0.25) is 4.79 Å². The first-order chi connectivity index (χ1) is 11.7. The summed E-state index contributed by atoms with van der Waals surface area (Å²) in [6, 6.07) is 12.1. The number of hydrogen-bond donors (Lipinski definition) is 1. The van der Waals surface area contributed by atoms with Crippen molar-refractivity contribution in [2.75, 3.05) is 6.54 Å². The second-order valence-corrected chi connectivity index (χ2v) is 6.28. The number of rotatable bonds is 2. The Labute approximate surface area is 139 Å². The lowest BCUT2D eigenvalue weighted by Gasteiger charge is -2.36. The molecule has 6 heteroatoms. The maximum atomic E-state index is 13.0. The quantitative estimate of drug-likeness (QED) is 0.787. The first kappa shape index (κ1) is 14.8. The van der Waals surface area contributed by atoms with Crippen molar-refractivity contribution in [2.45, 2.75) is 32.2 Å². The van der Waals surface area contributed by atoms with Gasteiger partial charge in [0.1, 0.15) is 11.2 Å². The minimum Gasteiger partial charge on any atom is -0.330 e. The van der Waals surface area contributed by atoms with E-state index in [4.69, 9.17) is 0 Å². The Morgan fingerprint density at radius 3 is 2.79 bits per heavy atom. The van der Waals surface area contributed by atoms with Gasteiger partial charge in [-0.1, -0.05) is 29.8 Å². The second-order valence-electron chi connectivity index (χ2n) is 6.28. The second kappa shape index (κ2) is 6.03. The topological polar surface area (TPSA) is 74.8 Å². The normalized spacial score (nSPS) is 18.0. The van der Waals surface area contributed by atoms with Crippen LogP contribution in [0.15, 0.2) is 36.4 Å². The summed E-state index contributed by atoms with van der Waals surface area (Å²) in [6.07, 6.45) is 3.15. The average molecular weight is 321 g/mol. The summed E-state index contributed by atoms with van der Waals surface area (Å²) in [6.45, 7) is 2.83. The van der Waals surface area contributed by atoms with Crippen LogP contribution in [0.5, 0.6) is 0 Å². The Morgan fingerprint density at radius 1 is 1.12 bits per heavy atom. The van der Waals surface area contributed by atoms with Gasteiger partial charge in [0.15, 0.2) is 0 Å². The fraction of sp³-hybridized carbons (Fsp3) is 0.333. The molecular formula is C18H19N5O. The van der Waals surface area contributed by atoms with Gasteiger partial charge in [-0.2, -0.15) is 10.3 Å². The van der Waals surface area contributed by atoms with E-state index < -0.39 is 0 Å². The van der Waals surface area contributed by atoms with E-state index in [1.54, 1.807) is 12.1 Å². The molecule has 122 valence electrons. The molecule has 1 atom stereocenters. The molecule has 1 aromatic carbocycles. The van der Waals surface area contributed by atoms with E-state index in [1.165, 1.54) is 11.1 Å². The monoisotopic (exact) mass is 321 g/mol. The lowest BCUT2D eigenvalue weighted by molar-refractivity contribution is 0.0606. The molecule has 0 unspecified atom stereocenters. The number of nitrogens with zero attached hydrogens (tertiary/aromatic N) is 4. The van der Waals surface area contributed by atoms with Crippen LogP contribution in [0.25, 0.3) is 11.2 Å². The van der Waals surface area contributed by atoms with Gasteiger partial charge >= 0.3 is 0 Å². The van der Waals surface area contributed by atoms with Gasteiger partial charge in [0, 0.05) is 6.54 Å². The summed E-state index contributed by atoms with van der Waals surface area (Å²) in [5, 5.41) is 10.5. The number of aryl methyl sites for hydroxylation is 1. The van der Waals surface area contributed by atoms with Crippen molar-refractivity contribution in [1.29, 1.82) is 0 Å². The molecule has 24 heavy (non-hydrogen) atoms. The van der Waals surface area contributed by atoms with E-state index in [0.717, 1.165) is 25.8 Å². The Hall–Kier alpha value is -2.76. The standard InChI is InChI=1S/C18H19N5O/c1-12-5-7-13(8-6-12)16-4-2-3-11-23(16)18(24)15-10-9-14-17(19-15)21-22-20-14/h5-10,16H,2-4,11H2,1H3,(H,19,20,21,22)/t16-/m1/s1. The average Bonchev–Trinajstić information content (AvgIpc) is 3.09. The molecule has 0 saturated carbocycles. The Bertz CT molecular complexity index is 871. The van der Waals surface area contributed by atoms with Crippen molar-refractivity contribution >= 4 is 17.1 Å². The van der Waals surface area contributed by atoms with Crippen LogP contribution in [-0.2, 0) is 0 Å². The first-order valence-electron chi connectivity index (χ1n) is 8.27. The summed E-state index contributed by atoms with van der Waals surface area (Å²) in [4.78, 5) is 19.3. The molecule has 1 amide bonds. The number of carbonyl (C=O) groups is 1. The molecule has 1 aliphatic heterocycles. The van der Waals surface area contributed by atoms with Crippen molar-refractivity contribution in [3.05, 3.63) is 53.2 Å². The van der Waals surface area contributed by atoms with E-state index in [1.807, 2.05) is 4.90 Å². The minimum atomic E-state index is -0.0369. The predicted molar refractivity (Wildman–Crippen MR) is 90.5 cm³/mol. The highest BCUT2D eigenvalue weighted by Gasteiger charge is 2.29. The zero-order chi connectivity index (χ0) is 16.5. The van der Waals surface area contributed by atoms with Gasteiger partial charge in [0.2, 0.25) is 5.65 Å². The molecule has 4 rings (SSSR count). The smallest absolute Gasteiger partial charge is 0.273 e. The fourth-order valence-electron chi connectivity index (χ4n) is 3.31. The van der Waals surface area contributed by atoms with E-state index in [-0.39, 0.29) is 11.9 Å². The number of nitrogens with one attached hydrogen (secondary N) is 1. The van der Waals surface area contributed by atoms with E-state index in [9.17, 15) is 4.79 Å². The molecule has 6 nitrogen and oxygen atoms in total. The van der Waals surface area contributed by atoms with Crippen LogP contribution in [0.1, 0.15) is 46.9 Å². The number of likely N-dealkylation sites (tertiary alicyclic amines) is 1. The van der Waals surface area contributed by atoms with Crippen LogP contribution >= 0.6 is 0 Å². The van der Waals surface area contributed by atoms with E-state index >= 15 is 0 Å². The van der Waals surface area contributed by atoms with Crippen LogP contribution in [-0.4, -0.2) is 37.7 Å². The fourth-order valence-corrected chi connectivity index (χ4v) is 3.31. The van der Waals surface area contributed by atoms with Crippen molar-refractivity contribution in [3.8, 4) is 0 Å². The van der Waals surface area contributed by atoms with Crippen LogP contribution < -0.4 is 0 Å². The number of piperidine rings is 1. The molecule has 0 spiro atoms. The van der Waals surface area contributed by atoms with Gasteiger partial charge in [-0.15, -0.1) is 5.10 Å². The molecule has 0 bridgehead atoms. The Balaban J connectivity index is 1.66. The lowest BCUT2D eigenvalue weighted by atomic mass is 9.94. The van der Waals surface area contributed by atoms with Crippen LogP contribution in [0.4, 0.5) is 0 Å². The number of H-pyrrole nitrogens is 1. The lowest BCUT2D eigenvalue weighted by Crippen LogP contribution is -2.38. The van der Waals surface area contributed by atoms with Gasteiger partial charge in [0.05, 0.1) is 6.04 Å². The number of carbonyl (C=O) groups excluding carboxylic acids is 1. The Morgan fingerprint density at radius 2 is 1.96 bits per heavy atom. The number of benzene rings is 1. The van der Waals surface area contributed by atoms with Crippen molar-refractivity contribution in [3.63, 3.8) is 0 Å². The van der Waals surface area contributed by atoms with Gasteiger partial charge < -0.3 is 4.90 Å². The molecule has 1 saturated heterocycles. The maximum Gasteiger partial charge on any atom is 0.273 e. The van der Waals surface area contributed by atoms with Gasteiger partial charge in [-0.25, -0.2) is 4.98 Å². The predicted octanol–water partition coefficient (Wildman–Crippen LogP) is 3.03. The molecular weight excluding hydrogens is 302 g/mol. The van der Waals surface area contributed by atoms with Gasteiger partial charge in [-0.05, 0) is 43.9 Å². The third-order valence-electron chi connectivity index (χ3n) is 4.63. The highest BCUT2D eigenvalue weighted by Crippen LogP contribution is 2.32. The number of amides is 1. The number of fused-ring (bicyclic) bond motifs is 1. The van der Waals surface area contributed by atoms with Crippen molar-refractivity contribution in [2.24, 2.45) is 0 Å². The highest BCUT2D eigenvalue weighted by molar-refractivity contribution is 5.94. The van der Waals surface area contributed by atoms with Crippen molar-refractivity contribution < 1.29 is 4.79 Å². The molecule has 0 radical (unpaired) electrons. The summed E-state index contributed by atoms with van der Waals surface area (Å²) in [5.74, 6) is -0.0369. The highest BCUT2D eigenvalue weighted by atomic mass is 16.2. The molecule has 0 aliphatic carbocycles. The SMILES string of the molecule is Cc1ccc([C@H]2CCCCN2C(=O)c2ccc3n[nH]nc3n2)cc1. The zero-order valence-corrected chi connectivity index (χ0v) is 13.6. The summed E-state index contributed by atoms with van der Waals surface area (Å²) in [7, 11) is 0. The van der Waals surface area contributed by atoms with E-state index in [0.29, 0.717) is 16.9 Å². The molecule has 1 aliphatic rings. The molecule has 1 fully saturated rings. The van der Waals surface area contributed by atoms with Crippen molar-refractivity contribution in [1.82, 2.24) is 25.3 Å². The number of hydrogen-bond acceptors (Lipinski definition) is 4. The van der Waals surface area contributed by atoms with Crippen LogP contribution in [0.2, 0.25) is 0 Å². The molecule has 3 aromatic rings. The largest absolute Gasteiger partial charge is 0.330 e. The van der Waals surface area contributed by atoms with Crippen LogP contribution in [0, 0.1) is 6.92 Å². The van der Waals surface area contributed by atoms with E-state index in [2.05, 4.69) is 51.6 Å². The maximum absolute atomic E-state index is 13.0. The minimum absolute atomic E-state index is 0.0369. The third kappa shape index (κ3) is 2.64.